The lowest BCUT2D eigenvalue weighted by atomic mass is 10.0. The topological polar surface area (TPSA) is 28.7 Å². The fourth-order valence-corrected chi connectivity index (χ4v) is 2.25. The number of H-pyrrole nitrogens is 1. The van der Waals surface area contributed by atoms with Crippen molar-refractivity contribution in [3.8, 4) is 11.3 Å². The highest BCUT2D eigenvalue weighted by Gasteiger charge is 2.08. The molecule has 0 spiro atoms. The molecule has 0 saturated heterocycles. The van der Waals surface area contributed by atoms with E-state index in [0.717, 1.165) is 17.1 Å². The second kappa shape index (κ2) is 4.41. The van der Waals surface area contributed by atoms with Crippen molar-refractivity contribution < 1.29 is 0 Å². The zero-order chi connectivity index (χ0) is 12.6. The fraction of sp³-hybridized carbons (Fsp3) is 0.286. The molecule has 0 aliphatic rings. The Morgan fingerprint density at radius 2 is 1.82 bits per heavy atom. The number of nitrogens with one attached hydrogen (secondary N) is 1. The van der Waals surface area contributed by atoms with Crippen molar-refractivity contribution in [3.05, 3.63) is 45.4 Å². The predicted octanol–water partition coefficient (Wildman–Crippen LogP) is 4.04. The lowest BCUT2D eigenvalue weighted by Crippen LogP contribution is -1.97. The summed E-state index contributed by atoms with van der Waals surface area (Å²) >= 11 is 5.27. The van der Waals surface area contributed by atoms with E-state index in [1.165, 1.54) is 16.7 Å². The first-order valence-corrected chi connectivity index (χ1v) is 6.05. The summed E-state index contributed by atoms with van der Waals surface area (Å²) < 4.78 is 0.677. The molecule has 1 aromatic carbocycles. The number of hydrogen-bond acceptors (Lipinski definition) is 2. The smallest absolute Gasteiger partial charge is 0.133 e. The van der Waals surface area contributed by atoms with Gasteiger partial charge in [0.05, 0.1) is 5.69 Å². The highest BCUT2D eigenvalue weighted by molar-refractivity contribution is 7.71. The molecular formula is C14H16N2S. The Bertz CT molecular complexity index is 627. The maximum atomic E-state index is 5.27. The van der Waals surface area contributed by atoms with Crippen LogP contribution in [0.2, 0.25) is 0 Å². The largest absolute Gasteiger partial charge is 0.343 e. The molecular weight excluding hydrogens is 228 g/mol. The van der Waals surface area contributed by atoms with E-state index in [1.54, 1.807) is 0 Å². The van der Waals surface area contributed by atoms with Gasteiger partial charge in [-0.1, -0.05) is 36.0 Å². The number of benzene rings is 1. The molecule has 1 heterocycles. The number of aromatic amines is 1. The molecule has 0 atom stereocenters. The molecule has 2 aromatic rings. The quantitative estimate of drug-likeness (QED) is 0.767. The minimum Gasteiger partial charge on any atom is -0.343 e. The molecule has 2 rings (SSSR count). The Kier molecular flexibility index (Phi) is 3.11. The summed E-state index contributed by atoms with van der Waals surface area (Å²) in [6.07, 6.45) is 0. The van der Waals surface area contributed by atoms with E-state index >= 15 is 0 Å². The van der Waals surface area contributed by atoms with E-state index in [2.05, 4.69) is 42.0 Å². The van der Waals surface area contributed by atoms with E-state index in [-0.39, 0.29) is 0 Å². The van der Waals surface area contributed by atoms with Crippen molar-refractivity contribution in [2.24, 2.45) is 0 Å². The van der Waals surface area contributed by atoms with Gasteiger partial charge < -0.3 is 4.98 Å². The standard InChI is InChI=1S/C14H16N2S/c1-8-5-6-12(9(2)7-8)13-10(3)14(17)16-11(4)15-13/h5-7H,1-4H3,(H,15,16,17). The van der Waals surface area contributed by atoms with Gasteiger partial charge in [0, 0.05) is 11.1 Å². The normalized spacial score (nSPS) is 10.6. The maximum Gasteiger partial charge on any atom is 0.133 e. The maximum absolute atomic E-state index is 5.27. The molecule has 0 unspecified atom stereocenters. The van der Waals surface area contributed by atoms with Crippen LogP contribution in [0, 0.1) is 32.3 Å². The summed E-state index contributed by atoms with van der Waals surface area (Å²) in [6, 6.07) is 6.44. The van der Waals surface area contributed by atoms with Crippen LogP contribution in [0.4, 0.5) is 0 Å². The highest BCUT2D eigenvalue weighted by atomic mass is 32.1. The van der Waals surface area contributed by atoms with E-state index < -0.39 is 0 Å². The summed E-state index contributed by atoms with van der Waals surface area (Å²) in [6.45, 7) is 8.17. The third-order valence-electron chi connectivity index (χ3n) is 2.92. The van der Waals surface area contributed by atoms with Gasteiger partial charge in [-0.25, -0.2) is 4.98 Å². The van der Waals surface area contributed by atoms with Gasteiger partial charge in [-0.2, -0.15) is 0 Å². The van der Waals surface area contributed by atoms with E-state index in [0.29, 0.717) is 4.64 Å². The average Bonchev–Trinajstić information content (AvgIpc) is 2.24. The molecule has 1 N–H and O–H groups in total. The van der Waals surface area contributed by atoms with Gasteiger partial charge in [0.15, 0.2) is 0 Å². The van der Waals surface area contributed by atoms with Crippen molar-refractivity contribution in [1.29, 1.82) is 0 Å². The lowest BCUT2D eigenvalue weighted by molar-refractivity contribution is 1.02. The van der Waals surface area contributed by atoms with Crippen molar-refractivity contribution in [2.45, 2.75) is 27.7 Å². The summed E-state index contributed by atoms with van der Waals surface area (Å²) in [7, 11) is 0. The minimum atomic E-state index is 0.677. The summed E-state index contributed by atoms with van der Waals surface area (Å²) in [5.41, 5.74) is 5.85. The number of aromatic nitrogens is 2. The van der Waals surface area contributed by atoms with Crippen LogP contribution < -0.4 is 0 Å². The minimum absolute atomic E-state index is 0.677. The van der Waals surface area contributed by atoms with Gasteiger partial charge in [0.2, 0.25) is 0 Å². The molecule has 1 aromatic heterocycles. The van der Waals surface area contributed by atoms with Gasteiger partial charge in [-0.05, 0) is 33.3 Å². The van der Waals surface area contributed by atoms with Crippen molar-refractivity contribution in [2.75, 3.05) is 0 Å². The number of hydrogen-bond donors (Lipinski definition) is 1. The Balaban J connectivity index is 2.72. The molecule has 0 amide bonds. The van der Waals surface area contributed by atoms with Crippen LogP contribution in [0.3, 0.4) is 0 Å². The Hall–Kier alpha value is -1.48. The van der Waals surface area contributed by atoms with Gasteiger partial charge >= 0.3 is 0 Å². The van der Waals surface area contributed by atoms with Crippen molar-refractivity contribution in [1.82, 2.24) is 9.97 Å². The van der Waals surface area contributed by atoms with Crippen molar-refractivity contribution >= 4 is 12.2 Å². The Morgan fingerprint density at radius 3 is 2.47 bits per heavy atom. The highest BCUT2D eigenvalue weighted by Crippen LogP contribution is 2.25. The van der Waals surface area contributed by atoms with Gasteiger partial charge in [-0.3, -0.25) is 0 Å². The fourth-order valence-electron chi connectivity index (χ4n) is 2.01. The molecule has 0 aliphatic heterocycles. The van der Waals surface area contributed by atoms with Crippen LogP contribution in [0.25, 0.3) is 11.3 Å². The first-order chi connectivity index (χ1) is 7.99. The lowest BCUT2D eigenvalue weighted by Gasteiger charge is -2.11. The molecule has 0 saturated carbocycles. The van der Waals surface area contributed by atoms with Crippen LogP contribution in [0.5, 0.6) is 0 Å². The van der Waals surface area contributed by atoms with Crippen LogP contribution in [-0.2, 0) is 0 Å². The molecule has 0 aliphatic carbocycles. The number of aryl methyl sites for hydroxylation is 3. The second-order valence-electron chi connectivity index (χ2n) is 4.45. The van der Waals surface area contributed by atoms with E-state index in [9.17, 15) is 0 Å². The first kappa shape index (κ1) is 12.0. The van der Waals surface area contributed by atoms with Crippen LogP contribution in [-0.4, -0.2) is 9.97 Å². The predicted molar refractivity (Wildman–Crippen MR) is 73.8 cm³/mol. The Labute approximate surface area is 107 Å². The van der Waals surface area contributed by atoms with Crippen molar-refractivity contribution in [3.63, 3.8) is 0 Å². The molecule has 0 bridgehead atoms. The van der Waals surface area contributed by atoms with Gasteiger partial charge in [0.25, 0.3) is 0 Å². The molecule has 88 valence electrons. The third kappa shape index (κ3) is 2.29. The molecule has 2 nitrogen and oxygen atoms in total. The third-order valence-corrected chi connectivity index (χ3v) is 3.32. The van der Waals surface area contributed by atoms with E-state index in [1.807, 2.05) is 13.8 Å². The molecule has 0 fully saturated rings. The van der Waals surface area contributed by atoms with E-state index in [4.69, 9.17) is 12.2 Å². The zero-order valence-electron chi connectivity index (χ0n) is 10.6. The summed E-state index contributed by atoms with van der Waals surface area (Å²) in [4.78, 5) is 7.58. The summed E-state index contributed by atoms with van der Waals surface area (Å²) in [5.74, 6) is 0.857. The molecule has 3 heteroatoms. The average molecular weight is 244 g/mol. The monoisotopic (exact) mass is 244 g/mol. The number of rotatable bonds is 1. The Morgan fingerprint density at radius 1 is 1.12 bits per heavy atom. The van der Waals surface area contributed by atoms with Crippen LogP contribution in [0.1, 0.15) is 22.5 Å². The van der Waals surface area contributed by atoms with Gasteiger partial charge in [0.1, 0.15) is 10.5 Å². The second-order valence-corrected chi connectivity index (χ2v) is 4.83. The SMILES string of the molecule is Cc1ccc(-c2[nH]c(C)nc(=S)c2C)c(C)c1. The molecule has 0 radical (unpaired) electrons. The first-order valence-electron chi connectivity index (χ1n) is 5.64. The van der Waals surface area contributed by atoms with Crippen LogP contribution >= 0.6 is 12.2 Å². The van der Waals surface area contributed by atoms with Crippen LogP contribution in [0.15, 0.2) is 18.2 Å². The van der Waals surface area contributed by atoms with Gasteiger partial charge in [-0.15, -0.1) is 0 Å². The number of nitrogens with zero attached hydrogens (tertiary/aromatic N) is 1. The summed E-state index contributed by atoms with van der Waals surface area (Å²) in [5, 5.41) is 0. The molecule has 17 heavy (non-hydrogen) atoms. The zero-order valence-corrected chi connectivity index (χ0v) is 11.4.